The molecule has 0 aromatic heterocycles. The molecule has 0 bridgehead atoms. The van der Waals surface area contributed by atoms with E-state index >= 15 is 0 Å². The van der Waals surface area contributed by atoms with Gasteiger partial charge in [0.1, 0.15) is 5.75 Å². The van der Waals surface area contributed by atoms with Crippen LogP contribution in [0.15, 0.2) is 24.3 Å². The highest BCUT2D eigenvalue weighted by Gasteiger charge is 2.48. The summed E-state index contributed by atoms with van der Waals surface area (Å²) >= 11 is 0. The Balaban J connectivity index is 2.14. The zero-order valence-corrected chi connectivity index (χ0v) is 11.3. The lowest BCUT2D eigenvalue weighted by Gasteiger charge is -2.27. The predicted molar refractivity (Wildman–Crippen MR) is 66.9 cm³/mol. The number of carboxylic acid groups (broad SMARTS) is 1. The molecule has 0 radical (unpaired) electrons. The van der Waals surface area contributed by atoms with Crippen LogP contribution < -0.4 is 4.74 Å². The van der Waals surface area contributed by atoms with Crippen molar-refractivity contribution < 1.29 is 32.5 Å². The number of hydrogen-bond acceptors (Lipinski definition) is 3. The maximum absolute atomic E-state index is 12.1. The normalized spacial score (nSPS) is 25.8. The van der Waals surface area contributed by atoms with Gasteiger partial charge < -0.3 is 14.6 Å². The Hall–Kier alpha value is -1.76. The van der Waals surface area contributed by atoms with Crippen LogP contribution in [-0.2, 0) is 16.0 Å². The van der Waals surface area contributed by atoms with Crippen molar-refractivity contribution in [3.05, 3.63) is 29.8 Å². The van der Waals surface area contributed by atoms with Gasteiger partial charge in [0.2, 0.25) is 0 Å². The average molecular weight is 304 g/mol. The van der Waals surface area contributed by atoms with Gasteiger partial charge in [0, 0.05) is 6.61 Å². The monoisotopic (exact) mass is 304 g/mol. The minimum Gasteiger partial charge on any atom is -0.481 e. The summed E-state index contributed by atoms with van der Waals surface area (Å²) in [6.45, 7) is 2.06. The maximum atomic E-state index is 12.1. The summed E-state index contributed by atoms with van der Waals surface area (Å²) in [4.78, 5) is 11.5. The largest absolute Gasteiger partial charge is 0.573 e. The van der Waals surface area contributed by atoms with Crippen LogP contribution in [0.5, 0.6) is 5.75 Å². The zero-order valence-electron chi connectivity index (χ0n) is 11.3. The third kappa shape index (κ3) is 3.47. The lowest BCUT2D eigenvalue weighted by atomic mass is 9.76. The van der Waals surface area contributed by atoms with Gasteiger partial charge in [-0.25, -0.2) is 0 Å². The number of alkyl halides is 3. The van der Waals surface area contributed by atoms with Gasteiger partial charge in [-0.1, -0.05) is 12.1 Å². The van der Waals surface area contributed by atoms with E-state index in [-0.39, 0.29) is 12.2 Å². The number of carboxylic acids is 1. The van der Waals surface area contributed by atoms with Gasteiger partial charge in [-0.15, -0.1) is 13.2 Å². The van der Waals surface area contributed by atoms with Crippen molar-refractivity contribution in [1.29, 1.82) is 0 Å². The topological polar surface area (TPSA) is 55.8 Å². The fraction of sp³-hybridized carbons (Fsp3) is 0.500. The van der Waals surface area contributed by atoms with E-state index in [2.05, 4.69) is 4.74 Å². The van der Waals surface area contributed by atoms with E-state index in [9.17, 15) is 23.1 Å². The molecule has 1 heterocycles. The predicted octanol–water partition coefficient (Wildman–Crippen LogP) is 3.01. The van der Waals surface area contributed by atoms with Crippen molar-refractivity contribution in [3.63, 3.8) is 0 Å². The molecule has 0 spiro atoms. The van der Waals surface area contributed by atoms with Crippen molar-refractivity contribution in [3.8, 4) is 5.75 Å². The molecule has 116 valence electrons. The Bertz CT molecular complexity index is 512. The van der Waals surface area contributed by atoms with Crippen molar-refractivity contribution in [2.75, 3.05) is 6.61 Å². The third-order valence-electron chi connectivity index (χ3n) is 3.80. The molecule has 0 saturated carbocycles. The summed E-state index contributed by atoms with van der Waals surface area (Å²) in [6.07, 6.45) is -4.60. The molecule has 1 fully saturated rings. The lowest BCUT2D eigenvalue weighted by Crippen LogP contribution is -2.39. The van der Waals surface area contributed by atoms with Gasteiger partial charge in [-0.05, 0) is 37.5 Å². The van der Waals surface area contributed by atoms with Crippen LogP contribution in [0.25, 0.3) is 0 Å². The second-order valence-corrected chi connectivity index (χ2v) is 5.09. The molecular weight excluding hydrogens is 289 g/mol. The van der Waals surface area contributed by atoms with Crippen LogP contribution >= 0.6 is 0 Å². The third-order valence-corrected chi connectivity index (χ3v) is 3.80. The minimum absolute atomic E-state index is 0.204. The number of hydrogen-bond donors (Lipinski definition) is 1. The molecule has 0 amide bonds. The lowest BCUT2D eigenvalue weighted by molar-refractivity contribution is -0.274. The molecule has 2 unspecified atom stereocenters. The Morgan fingerprint density at radius 1 is 1.43 bits per heavy atom. The molecule has 1 aliphatic rings. The number of benzene rings is 1. The fourth-order valence-electron chi connectivity index (χ4n) is 2.54. The quantitative estimate of drug-likeness (QED) is 0.929. The first-order valence-corrected chi connectivity index (χ1v) is 6.43. The summed E-state index contributed by atoms with van der Waals surface area (Å²) < 4.78 is 45.3. The van der Waals surface area contributed by atoms with E-state index in [4.69, 9.17) is 4.74 Å². The summed E-state index contributed by atoms with van der Waals surface area (Å²) in [5.74, 6) is -1.28. The summed E-state index contributed by atoms with van der Waals surface area (Å²) in [6, 6.07) is 5.24. The summed E-state index contributed by atoms with van der Waals surface area (Å²) in [5.41, 5.74) is -0.406. The van der Waals surface area contributed by atoms with Crippen LogP contribution in [-0.4, -0.2) is 30.1 Å². The smallest absolute Gasteiger partial charge is 0.481 e. The molecule has 7 heteroatoms. The number of rotatable bonds is 4. The maximum Gasteiger partial charge on any atom is 0.573 e. The van der Waals surface area contributed by atoms with Crippen LogP contribution in [0.2, 0.25) is 0 Å². The second-order valence-electron chi connectivity index (χ2n) is 5.09. The summed E-state index contributed by atoms with van der Waals surface area (Å²) in [5, 5.41) is 9.45. The molecule has 4 nitrogen and oxygen atoms in total. The van der Waals surface area contributed by atoms with Gasteiger partial charge in [0.25, 0.3) is 0 Å². The van der Waals surface area contributed by atoms with Crippen molar-refractivity contribution in [2.45, 2.75) is 32.2 Å². The molecule has 21 heavy (non-hydrogen) atoms. The molecule has 1 aromatic rings. The van der Waals surface area contributed by atoms with Crippen molar-refractivity contribution in [1.82, 2.24) is 0 Å². The van der Waals surface area contributed by atoms with Crippen LogP contribution in [0, 0.1) is 5.41 Å². The molecule has 1 aliphatic heterocycles. The Kier molecular flexibility index (Phi) is 4.13. The number of halogens is 3. The number of ether oxygens (including phenoxy) is 2. The fourth-order valence-corrected chi connectivity index (χ4v) is 2.54. The Morgan fingerprint density at radius 3 is 2.48 bits per heavy atom. The van der Waals surface area contributed by atoms with Gasteiger partial charge in [0.05, 0.1) is 11.5 Å². The van der Waals surface area contributed by atoms with E-state index < -0.39 is 23.9 Å². The van der Waals surface area contributed by atoms with E-state index in [1.165, 1.54) is 24.3 Å². The first kappa shape index (κ1) is 15.6. The highest BCUT2D eigenvalue weighted by atomic mass is 19.4. The van der Waals surface area contributed by atoms with E-state index in [0.29, 0.717) is 18.6 Å². The molecule has 2 rings (SSSR count). The number of aliphatic carboxylic acids is 1. The van der Waals surface area contributed by atoms with E-state index in [1.54, 1.807) is 6.92 Å². The number of carbonyl (C=O) groups is 1. The molecule has 1 N–H and O–H groups in total. The Morgan fingerprint density at radius 2 is 2.05 bits per heavy atom. The van der Waals surface area contributed by atoms with E-state index in [1.807, 2.05) is 0 Å². The molecule has 1 saturated heterocycles. The highest BCUT2D eigenvalue weighted by Crippen LogP contribution is 2.39. The average Bonchev–Trinajstić information content (AvgIpc) is 2.73. The highest BCUT2D eigenvalue weighted by molar-refractivity contribution is 5.76. The molecule has 1 aromatic carbocycles. The first-order valence-electron chi connectivity index (χ1n) is 6.43. The SMILES string of the molecule is CC1OCCC1(Cc1ccc(OC(F)(F)F)cc1)C(=O)O. The molecule has 0 aliphatic carbocycles. The summed E-state index contributed by atoms with van der Waals surface area (Å²) in [7, 11) is 0. The van der Waals surface area contributed by atoms with Gasteiger partial charge in [-0.3, -0.25) is 4.79 Å². The first-order chi connectivity index (χ1) is 9.73. The van der Waals surface area contributed by atoms with Crippen LogP contribution in [0.4, 0.5) is 13.2 Å². The van der Waals surface area contributed by atoms with Crippen LogP contribution in [0.3, 0.4) is 0 Å². The van der Waals surface area contributed by atoms with Crippen molar-refractivity contribution >= 4 is 5.97 Å². The van der Waals surface area contributed by atoms with Crippen LogP contribution in [0.1, 0.15) is 18.9 Å². The van der Waals surface area contributed by atoms with Gasteiger partial charge in [-0.2, -0.15) is 0 Å². The molecular formula is C14H15F3O4. The minimum atomic E-state index is -4.74. The van der Waals surface area contributed by atoms with Gasteiger partial charge >= 0.3 is 12.3 Å². The Labute approximate surface area is 119 Å². The van der Waals surface area contributed by atoms with E-state index in [0.717, 1.165) is 0 Å². The van der Waals surface area contributed by atoms with Crippen molar-refractivity contribution in [2.24, 2.45) is 5.41 Å². The zero-order chi connectivity index (χ0) is 15.7. The second kappa shape index (κ2) is 5.55. The standard InChI is InChI=1S/C14H15F3O4/c1-9-13(12(18)19,6-7-20-9)8-10-2-4-11(5-3-10)21-14(15,16)17/h2-5,9H,6-8H2,1H3,(H,18,19). The van der Waals surface area contributed by atoms with Gasteiger partial charge in [0.15, 0.2) is 0 Å². The molecule has 2 atom stereocenters.